The summed E-state index contributed by atoms with van der Waals surface area (Å²) in [6.07, 6.45) is 0.595. The van der Waals surface area contributed by atoms with E-state index in [0.717, 1.165) is 6.42 Å². The number of rotatable bonds is 2. The summed E-state index contributed by atoms with van der Waals surface area (Å²) < 4.78 is 26.2. The summed E-state index contributed by atoms with van der Waals surface area (Å²) in [5.41, 5.74) is 2.67. The van der Waals surface area contributed by atoms with Crippen LogP contribution in [0, 0.1) is 5.92 Å². The number of halogens is 3. The number of alkyl halides is 2. The highest BCUT2D eigenvalue weighted by Gasteiger charge is 2.57. The molecule has 1 saturated carbocycles. The van der Waals surface area contributed by atoms with Crippen molar-refractivity contribution in [2.24, 2.45) is 5.92 Å². The third-order valence-corrected chi connectivity index (χ3v) is 4.77. The van der Waals surface area contributed by atoms with Gasteiger partial charge in [0.05, 0.1) is 12.6 Å². The van der Waals surface area contributed by atoms with Gasteiger partial charge in [0.25, 0.3) is 5.92 Å². The minimum absolute atomic E-state index is 0. The SMILES string of the molecule is Cl.O=C(NC1C2Cc3ccccc3C21)C1CC(F)(F)CN1. The Morgan fingerprint density at radius 3 is 2.81 bits per heavy atom. The van der Waals surface area contributed by atoms with Gasteiger partial charge in [-0.05, 0) is 23.5 Å². The average Bonchev–Trinajstić information content (AvgIpc) is 2.79. The highest BCUT2D eigenvalue weighted by atomic mass is 35.5. The maximum Gasteiger partial charge on any atom is 0.262 e. The quantitative estimate of drug-likeness (QED) is 0.875. The minimum Gasteiger partial charge on any atom is -0.351 e. The number of nitrogens with one attached hydrogen (secondary N) is 2. The van der Waals surface area contributed by atoms with Gasteiger partial charge in [0, 0.05) is 18.4 Å². The number of fused-ring (bicyclic) bond motifs is 3. The van der Waals surface area contributed by atoms with Gasteiger partial charge in [-0.1, -0.05) is 24.3 Å². The maximum absolute atomic E-state index is 13.1. The van der Waals surface area contributed by atoms with Crippen LogP contribution in [0.15, 0.2) is 24.3 Å². The molecular weight excluding hydrogens is 298 g/mol. The molecule has 1 aromatic carbocycles. The van der Waals surface area contributed by atoms with E-state index in [0.29, 0.717) is 11.8 Å². The molecule has 21 heavy (non-hydrogen) atoms. The Balaban J connectivity index is 0.00000132. The first-order chi connectivity index (χ1) is 9.55. The first-order valence-corrected chi connectivity index (χ1v) is 7.04. The third kappa shape index (κ3) is 2.42. The second-order valence-corrected chi connectivity index (χ2v) is 6.12. The van der Waals surface area contributed by atoms with Gasteiger partial charge in [-0.3, -0.25) is 10.1 Å². The van der Waals surface area contributed by atoms with Crippen molar-refractivity contribution in [3.63, 3.8) is 0 Å². The average molecular weight is 315 g/mol. The Morgan fingerprint density at radius 1 is 1.33 bits per heavy atom. The van der Waals surface area contributed by atoms with Crippen LogP contribution in [0.3, 0.4) is 0 Å². The van der Waals surface area contributed by atoms with Crippen molar-refractivity contribution >= 4 is 18.3 Å². The Morgan fingerprint density at radius 2 is 2.10 bits per heavy atom. The summed E-state index contributed by atoms with van der Waals surface area (Å²) in [5, 5.41) is 5.54. The number of carbonyl (C=O) groups excluding carboxylic acids is 1. The molecule has 0 aromatic heterocycles. The van der Waals surface area contributed by atoms with Gasteiger partial charge < -0.3 is 5.32 Å². The molecule has 4 atom stereocenters. The Kier molecular flexibility index (Phi) is 3.45. The lowest BCUT2D eigenvalue weighted by molar-refractivity contribution is -0.123. The number of benzene rings is 1. The topological polar surface area (TPSA) is 41.1 Å². The second kappa shape index (κ2) is 4.92. The van der Waals surface area contributed by atoms with Gasteiger partial charge in [-0.25, -0.2) is 8.78 Å². The molecule has 114 valence electrons. The molecule has 2 N–H and O–H groups in total. The van der Waals surface area contributed by atoms with Crippen LogP contribution in [0.4, 0.5) is 8.78 Å². The van der Waals surface area contributed by atoms with Crippen LogP contribution < -0.4 is 10.6 Å². The molecule has 1 aromatic rings. The van der Waals surface area contributed by atoms with Crippen LogP contribution in [0.5, 0.6) is 0 Å². The van der Waals surface area contributed by atoms with Crippen molar-refractivity contribution in [2.75, 3.05) is 6.54 Å². The first kappa shape index (κ1) is 14.7. The van der Waals surface area contributed by atoms with E-state index >= 15 is 0 Å². The second-order valence-electron chi connectivity index (χ2n) is 6.12. The lowest BCUT2D eigenvalue weighted by Crippen LogP contribution is -2.42. The summed E-state index contributed by atoms with van der Waals surface area (Å²) >= 11 is 0. The number of hydrogen-bond donors (Lipinski definition) is 2. The zero-order valence-electron chi connectivity index (χ0n) is 11.3. The predicted octanol–water partition coefficient (Wildman–Crippen LogP) is 1.86. The van der Waals surface area contributed by atoms with Crippen LogP contribution in [-0.2, 0) is 11.2 Å². The largest absolute Gasteiger partial charge is 0.351 e. The molecule has 2 aliphatic carbocycles. The lowest BCUT2D eigenvalue weighted by atomic mass is 10.0. The van der Waals surface area contributed by atoms with Gasteiger partial charge in [0.15, 0.2) is 0 Å². The van der Waals surface area contributed by atoms with Gasteiger partial charge in [0.2, 0.25) is 5.91 Å². The van der Waals surface area contributed by atoms with Gasteiger partial charge in [-0.15, -0.1) is 12.4 Å². The zero-order chi connectivity index (χ0) is 13.9. The predicted molar refractivity (Wildman–Crippen MR) is 76.9 cm³/mol. The Hall–Kier alpha value is -1.20. The third-order valence-electron chi connectivity index (χ3n) is 4.77. The van der Waals surface area contributed by atoms with Crippen molar-refractivity contribution in [1.29, 1.82) is 0 Å². The lowest BCUT2D eigenvalue weighted by Gasteiger charge is -2.13. The van der Waals surface area contributed by atoms with Crippen molar-refractivity contribution in [3.05, 3.63) is 35.4 Å². The molecule has 0 spiro atoms. The molecule has 4 rings (SSSR count). The van der Waals surface area contributed by atoms with E-state index in [4.69, 9.17) is 0 Å². The van der Waals surface area contributed by atoms with E-state index in [9.17, 15) is 13.6 Å². The fraction of sp³-hybridized carbons (Fsp3) is 0.533. The molecule has 3 nitrogen and oxygen atoms in total. The standard InChI is InChI=1S/C15H16F2N2O.ClH/c16-15(17)6-11(18-7-15)14(20)19-13-10-5-8-3-1-2-4-9(8)12(10)13;/h1-4,10-13,18H,5-7H2,(H,19,20);1H. The fourth-order valence-corrected chi connectivity index (χ4v) is 3.71. The summed E-state index contributed by atoms with van der Waals surface area (Å²) in [7, 11) is 0. The van der Waals surface area contributed by atoms with E-state index in [1.54, 1.807) is 0 Å². The monoisotopic (exact) mass is 314 g/mol. The number of carbonyl (C=O) groups is 1. The highest BCUT2D eigenvalue weighted by molar-refractivity contribution is 5.85. The molecule has 1 aliphatic heterocycles. The van der Waals surface area contributed by atoms with E-state index in [1.165, 1.54) is 11.1 Å². The molecule has 1 heterocycles. The summed E-state index contributed by atoms with van der Waals surface area (Å²) in [6, 6.07) is 7.65. The Bertz CT molecular complexity index is 581. The molecule has 6 heteroatoms. The van der Waals surface area contributed by atoms with Gasteiger partial charge >= 0.3 is 0 Å². The molecule has 4 unspecified atom stereocenters. The van der Waals surface area contributed by atoms with Gasteiger partial charge in [0.1, 0.15) is 0 Å². The summed E-state index contributed by atoms with van der Waals surface area (Å²) in [4.78, 5) is 12.0. The van der Waals surface area contributed by atoms with E-state index in [1.807, 2.05) is 12.1 Å². The molecule has 2 fully saturated rings. The first-order valence-electron chi connectivity index (χ1n) is 7.04. The molecule has 1 amide bonds. The van der Waals surface area contributed by atoms with E-state index < -0.39 is 24.9 Å². The molecule has 1 saturated heterocycles. The zero-order valence-corrected chi connectivity index (χ0v) is 12.1. The molecule has 0 bridgehead atoms. The highest BCUT2D eigenvalue weighted by Crippen LogP contribution is 2.56. The molecular formula is C15H17ClF2N2O. The number of amides is 1. The molecule has 3 aliphatic rings. The van der Waals surface area contributed by atoms with Crippen LogP contribution in [-0.4, -0.2) is 30.5 Å². The van der Waals surface area contributed by atoms with Crippen LogP contribution in [0.2, 0.25) is 0 Å². The van der Waals surface area contributed by atoms with E-state index in [-0.39, 0.29) is 24.4 Å². The summed E-state index contributed by atoms with van der Waals surface area (Å²) in [5.74, 6) is -2.19. The Labute approximate surface area is 127 Å². The fourth-order valence-electron chi connectivity index (χ4n) is 3.71. The van der Waals surface area contributed by atoms with Crippen molar-refractivity contribution in [3.8, 4) is 0 Å². The molecule has 0 radical (unpaired) electrons. The maximum atomic E-state index is 13.1. The smallest absolute Gasteiger partial charge is 0.262 e. The minimum atomic E-state index is -2.76. The summed E-state index contributed by atoms with van der Waals surface area (Å²) in [6.45, 7) is -0.397. The van der Waals surface area contributed by atoms with Crippen molar-refractivity contribution < 1.29 is 13.6 Å². The van der Waals surface area contributed by atoms with Crippen LogP contribution in [0.25, 0.3) is 0 Å². The van der Waals surface area contributed by atoms with Crippen molar-refractivity contribution in [1.82, 2.24) is 10.6 Å². The normalized spacial score (nSPS) is 34.6. The number of hydrogen-bond acceptors (Lipinski definition) is 2. The van der Waals surface area contributed by atoms with Crippen molar-refractivity contribution in [2.45, 2.75) is 36.8 Å². The van der Waals surface area contributed by atoms with Gasteiger partial charge in [-0.2, -0.15) is 0 Å². The van der Waals surface area contributed by atoms with E-state index in [2.05, 4.69) is 22.8 Å². The van der Waals surface area contributed by atoms with Crippen LogP contribution >= 0.6 is 12.4 Å². The van der Waals surface area contributed by atoms with Crippen LogP contribution in [0.1, 0.15) is 23.5 Å².